The van der Waals surface area contributed by atoms with Gasteiger partial charge >= 0.3 is 0 Å². The number of benzene rings is 1. The SMILES string of the molecule is NNC(Cc1ccc(F)c(Br)c1)CC1CC1. The van der Waals surface area contributed by atoms with E-state index in [0.717, 1.165) is 24.3 Å². The van der Waals surface area contributed by atoms with Crippen LogP contribution in [0.2, 0.25) is 0 Å². The zero-order valence-electron chi connectivity index (χ0n) is 9.05. The highest BCUT2D eigenvalue weighted by Crippen LogP contribution is 2.34. The van der Waals surface area contributed by atoms with E-state index in [-0.39, 0.29) is 5.82 Å². The van der Waals surface area contributed by atoms with E-state index in [1.807, 2.05) is 12.1 Å². The Morgan fingerprint density at radius 1 is 1.50 bits per heavy atom. The summed E-state index contributed by atoms with van der Waals surface area (Å²) in [6.45, 7) is 0. The molecule has 1 aromatic carbocycles. The molecular formula is C12H16BrFN2. The molecule has 3 N–H and O–H groups in total. The van der Waals surface area contributed by atoms with Crippen LogP contribution in [0.4, 0.5) is 4.39 Å². The molecule has 0 spiro atoms. The van der Waals surface area contributed by atoms with Crippen molar-refractivity contribution in [3.63, 3.8) is 0 Å². The first-order valence-corrected chi connectivity index (χ1v) is 6.38. The number of halogens is 2. The van der Waals surface area contributed by atoms with Crippen LogP contribution in [0.1, 0.15) is 24.8 Å². The minimum absolute atomic E-state index is 0.219. The van der Waals surface area contributed by atoms with Crippen LogP contribution in [0.25, 0.3) is 0 Å². The Bertz CT molecular complexity index is 366. The van der Waals surface area contributed by atoms with Crippen molar-refractivity contribution in [2.75, 3.05) is 0 Å². The van der Waals surface area contributed by atoms with Gasteiger partial charge in [-0.25, -0.2) is 4.39 Å². The van der Waals surface area contributed by atoms with Crippen molar-refractivity contribution in [3.05, 3.63) is 34.1 Å². The predicted octanol–water partition coefficient (Wildman–Crippen LogP) is 2.76. The van der Waals surface area contributed by atoms with Gasteiger partial charge < -0.3 is 0 Å². The molecule has 88 valence electrons. The molecule has 4 heteroatoms. The molecule has 1 unspecified atom stereocenters. The first-order valence-electron chi connectivity index (χ1n) is 5.59. The summed E-state index contributed by atoms with van der Waals surface area (Å²) in [5, 5.41) is 0. The summed E-state index contributed by atoms with van der Waals surface area (Å²) < 4.78 is 13.6. The zero-order chi connectivity index (χ0) is 11.5. The molecule has 1 aromatic rings. The van der Waals surface area contributed by atoms with Crippen molar-refractivity contribution >= 4 is 15.9 Å². The van der Waals surface area contributed by atoms with Crippen molar-refractivity contribution in [2.24, 2.45) is 11.8 Å². The predicted molar refractivity (Wildman–Crippen MR) is 66.3 cm³/mol. The maximum absolute atomic E-state index is 13.1. The van der Waals surface area contributed by atoms with E-state index < -0.39 is 0 Å². The van der Waals surface area contributed by atoms with E-state index in [9.17, 15) is 4.39 Å². The quantitative estimate of drug-likeness (QED) is 0.645. The molecule has 0 heterocycles. The van der Waals surface area contributed by atoms with Crippen molar-refractivity contribution in [1.29, 1.82) is 0 Å². The van der Waals surface area contributed by atoms with Gasteiger partial charge in [0.05, 0.1) is 4.47 Å². The van der Waals surface area contributed by atoms with E-state index in [2.05, 4.69) is 21.4 Å². The van der Waals surface area contributed by atoms with E-state index in [1.54, 1.807) is 0 Å². The highest BCUT2D eigenvalue weighted by Gasteiger charge is 2.25. The summed E-state index contributed by atoms with van der Waals surface area (Å²) in [5.74, 6) is 6.15. The first-order chi connectivity index (χ1) is 7.69. The van der Waals surface area contributed by atoms with Crippen molar-refractivity contribution in [3.8, 4) is 0 Å². The Hall–Kier alpha value is -0.450. The van der Waals surface area contributed by atoms with Gasteiger partial charge in [-0.2, -0.15) is 0 Å². The van der Waals surface area contributed by atoms with Crippen molar-refractivity contribution < 1.29 is 4.39 Å². The fourth-order valence-electron chi connectivity index (χ4n) is 1.92. The number of rotatable bonds is 5. The Kier molecular flexibility index (Phi) is 3.95. The highest BCUT2D eigenvalue weighted by atomic mass is 79.9. The summed E-state index contributed by atoms with van der Waals surface area (Å²) in [4.78, 5) is 0. The summed E-state index contributed by atoms with van der Waals surface area (Å²) >= 11 is 3.19. The van der Waals surface area contributed by atoms with E-state index in [0.29, 0.717) is 10.5 Å². The lowest BCUT2D eigenvalue weighted by Gasteiger charge is -2.15. The second-order valence-corrected chi connectivity index (χ2v) is 5.35. The second-order valence-electron chi connectivity index (χ2n) is 4.50. The second kappa shape index (κ2) is 5.25. The molecular weight excluding hydrogens is 271 g/mol. The maximum Gasteiger partial charge on any atom is 0.137 e. The monoisotopic (exact) mass is 286 g/mol. The average molecular weight is 287 g/mol. The molecule has 1 atom stereocenters. The van der Waals surface area contributed by atoms with Crippen molar-refractivity contribution in [2.45, 2.75) is 31.7 Å². The molecule has 1 fully saturated rings. The zero-order valence-corrected chi connectivity index (χ0v) is 10.6. The third-order valence-corrected chi connectivity index (χ3v) is 3.62. The molecule has 2 nitrogen and oxygen atoms in total. The molecule has 0 amide bonds. The van der Waals surface area contributed by atoms with E-state index in [1.165, 1.54) is 18.9 Å². The normalized spacial score (nSPS) is 17.4. The third-order valence-electron chi connectivity index (χ3n) is 3.02. The Morgan fingerprint density at radius 3 is 2.81 bits per heavy atom. The van der Waals surface area contributed by atoms with Gasteiger partial charge in [0.2, 0.25) is 0 Å². The molecule has 1 aliphatic rings. The number of nitrogens with two attached hydrogens (primary N) is 1. The van der Waals surface area contributed by atoms with Gasteiger partial charge in [-0.1, -0.05) is 18.9 Å². The number of hydrogen-bond donors (Lipinski definition) is 2. The molecule has 16 heavy (non-hydrogen) atoms. The van der Waals surface area contributed by atoms with Gasteiger partial charge in [0.1, 0.15) is 5.82 Å². The molecule has 2 rings (SSSR count). The van der Waals surface area contributed by atoms with Crippen LogP contribution in [0, 0.1) is 11.7 Å². The van der Waals surface area contributed by atoms with Gasteiger partial charge in [-0.05, 0) is 52.4 Å². The van der Waals surface area contributed by atoms with Crippen LogP contribution >= 0.6 is 15.9 Å². The van der Waals surface area contributed by atoms with Crippen molar-refractivity contribution in [1.82, 2.24) is 5.43 Å². The lowest BCUT2D eigenvalue weighted by Crippen LogP contribution is -2.37. The van der Waals surface area contributed by atoms with Crippen LogP contribution in [0.15, 0.2) is 22.7 Å². The Morgan fingerprint density at radius 2 is 2.25 bits per heavy atom. The highest BCUT2D eigenvalue weighted by molar-refractivity contribution is 9.10. The lowest BCUT2D eigenvalue weighted by molar-refractivity contribution is 0.465. The van der Waals surface area contributed by atoms with Gasteiger partial charge in [0.15, 0.2) is 0 Å². The maximum atomic E-state index is 13.1. The minimum atomic E-state index is -0.219. The molecule has 0 aliphatic heterocycles. The lowest BCUT2D eigenvalue weighted by atomic mass is 10.0. The molecule has 1 aliphatic carbocycles. The molecule has 0 radical (unpaired) electrons. The van der Waals surface area contributed by atoms with Crippen LogP contribution in [0.3, 0.4) is 0 Å². The molecule has 1 saturated carbocycles. The molecule has 0 bridgehead atoms. The average Bonchev–Trinajstić information content (AvgIpc) is 3.06. The van der Waals surface area contributed by atoms with E-state index in [4.69, 9.17) is 5.84 Å². The third kappa shape index (κ3) is 3.27. The van der Waals surface area contributed by atoms with Gasteiger partial charge in [0.25, 0.3) is 0 Å². The van der Waals surface area contributed by atoms with E-state index >= 15 is 0 Å². The Labute approximate surface area is 104 Å². The van der Waals surface area contributed by atoms with Gasteiger partial charge in [-0.15, -0.1) is 0 Å². The number of nitrogens with one attached hydrogen (secondary N) is 1. The fourth-order valence-corrected chi connectivity index (χ4v) is 2.34. The summed E-state index contributed by atoms with van der Waals surface area (Å²) in [5.41, 5.74) is 3.96. The van der Waals surface area contributed by atoms with Crippen LogP contribution in [-0.2, 0) is 6.42 Å². The molecule has 0 saturated heterocycles. The van der Waals surface area contributed by atoms with Gasteiger partial charge in [0, 0.05) is 6.04 Å². The number of hydrazine groups is 1. The number of hydrogen-bond acceptors (Lipinski definition) is 2. The standard InChI is InChI=1S/C12H16BrFN2/c13-11-7-9(3-4-12(11)14)6-10(16-15)5-8-1-2-8/h3-4,7-8,10,16H,1-2,5-6,15H2. The van der Waals surface area contributed by atoms with Crippen LogP contribution in [-0.4, -0.2) is 6.04 Å². The summed E-state index contributed by atoms with van der Waals surface area (Å²) in [7, 11) is 0. The smallest absolute Gasteiger partial charge is 0.137 e. The molecule has 0 aromatic heterocycles. The summed E-state index contributed by atoms with van der Waals surface area (Å²) in [6.07, 6.45) is 4.62. The van der Waals surface area contributed by atoms with Gasteiger partial charge in [-0.3, -0.25) is 11.3 Å². The van der Waals surface area contributed by atoms with Crippen LogP contribution < -0.4 is 11.3 Å². The first kappa shape index (κ1) is 12.0. The Balaban J connectivity index is 1.97. The largest absolute Gasteiger partial charge is 0.271 e. The topological polar surface area (TPSA) is 38.0 Å². The van der Waals surface area contributed by atoms with Crippen LogP contribution in [0.5, 0.6) is 0 Å². The minimum Gasteiger partial charge on any atom is -0.271 e. The fraction of sp³-hybridized carbons (Fsp3) is 0.500. The summed E-state index contributed by atoms with van der Waals surface area (Å²) in [6, 6.07) is 5.43.